The van der Waals surface area contributed by atoms with Gasteiger partial charge in [-0.3, -0.25) is 0 Å². The molecule has 4 heteroatoms. The molecule has 0 aromatic rings. The SMILES string of the molecule is CC(C)(C)O[Si](C)(OC(C)(C)C)OC(C)(C)C. The third-order valence-corrected chi connectivity index (χ3v) is 4.42. The smallest absolute Gasteiger partial charge is 0.369 e. The lowest BCUT2D eigenvalue weighted by molar-refractivity contribution is -0.0708. The van der Waals surface area contributed by atoms with Crippen LogP contribution in [0.2, 0.25) is 6.55 Å². The van der Waals surface area contributed by atoms with Crippen LogP contribution in [0.5, 0.6) is 0 Å². The molecule has 0 saturated carbocycles. The first-order valence-corrected chi connectivity index (χ1v) is 8.45. The lowest BCUT2D eigenvalue weighted by Gasteiger charge is -2.41. The van der Waals surface area contributed by atoms with E-state index in [0.29, 0.717) is 0 Å². The molecule has 0 radical (unpaired) electrons. The molecule has 0 bridgehead atoms. The highest BCUT2D eigenvalue weighted by molar-refractivity contribution is 6.59. The fourth-order valence-corrected chi connectivity index (χ4v) is 5.19. The number of rotatable bonds is 3. The second-order valence-corrected chi connectivity index (χ2v) is 9.84. The van der Waals surface area contributed by atoms with Crippen LogP contribution in [-0.2, 0) is 13.3 Å². The average molecular weight is 262 g/mol. The summed E-state index contributed by atoms with van der Waals surface area (Å²) in [6.45, 7) is 20.2. The molecule has 0 aromatic heterocycles. The van der Waals surface area contributed by atoms with E-state index in [2.05, 4.69) is 0 Å². The summed E-state index contributed by atoms with van der Waals surface area (Å²) in [5.74, 6) is 0. The fourth-order valence-electron chi connectivity index (χ4n) is 1.73. The highest BCUT2D eigenvalue weighted by atomic mass is 28.4. The van der Waals surface area contributed by atoms with E-state index in [1.165, 1.54) is 0 Å². The van der Waals surface area contributed by atoms with E-state index in [9.17, 15) is 0 Å². The Balaban J connectivity index is 4.95. The van der Waals surface area contributed by atoms with Crippen molar-refractivity contribution in [3.8, 4) is 0 Å². The Morgan fingerprint density at radius 3 is 0.824 bits per heavy atom. The normalized spacial score (nSPS) is 15.2. The molecule has 0 rings (SSSR count). The Labute approximate surface area is 108 Å². The van der Waals surface area contributed by atoms with Gasteiger partial charge in [0.15, 0.2) is 0 Å². The minimum absolute atomic E-state index is 0.266. The van der Waals surface area contributed by atoms with Crippen LogP contribution < -0.4 is 0 Å². The second kappa shape index (κ2) is 5.00. The molecule has 0 aliphatic heterocycles. The Kier molecular flexibility index (Phi) is 5.03. The Hall–Kier alpha value is 0.0969. The first-order chi connectivity index (χ1) is 7.12. The predicted molar refractivity (Wildman–Crippen MR) is 74.1 cm³/mol. The summed E-state index contributed by atoms with van der Waals surface area (Å²) in [5.41, 5.74) is -0.799. The molecule has 0 saturated heterocycles. The van der Waals surface area contributed by atoms with Gasteiger partial charge < -0.3 is 13.3 Å². The molecule has 104 valence electrons. The van der Waals surface area contributed by atoms with Crippen molar-refractivity contribution >= 4 is 8.80 Å². The Morgan fingerprint density at radius 2 is 0.706 bits per heavy atom. The zero-order valence-electron chi connectivity index (χ0n) is 13.2. The molecule has 0 spiro atoms. The Morgan fingerprint density at radius 1 is 0.529 bits per heavy atom. The summed E-state index contributed by atoms with van der Waals surface area (Å²) in [5, 5.41) is 0. The van der Waals surface area contributed by atoms with E-state index in [1.54, 1.807) is 0 Å². The maximum absolute atomic E-state index is 6.07. The maximum Gasteiger partial charge on any atom is 0.498 e. The van der Waals surface area contributed by atoms with Crippen LogP contribution in [0.3, 0.4) is 0 Å². The van der Waals surface area contributed by atoms with Gasteiger partial charge in [-0.25, -0.2) is 0 Å². The van der Waals surface area contributed by atoms with Crippen molar-refractivity contribution in [3.05, 3.63) is 0 Å². The van der Waals surface area contributed by atoms with Crippen LogP contribution in [-0.4, -0.2) is 25.6 Å². The van der Waals surface area contributed by atoms with Gasteiger partial charge in [0.1, 0.15) is 0 Å². The van der Waals surface area contributed by atoms with Crippen molar-refractivity contribution in [2.75, 3.05) is 0 Å². The molecule has 0 unspecified atom stereocenters. The van der Waals surface area contributed by atoms with Gasteiger partial charge in [-0.1, -0.05) is 0 Å². The number of hydrogen-bond acceptors (Lipinski definition) is 3. The maximum atomic E-state index is 6.07. The molecule has 0 fully saturated rings. The molecule has 0 atom stereocenters. The summed E-state index contributed by atoms with van der Waals surface area (Å²) in [4.78, 5) is 0. The first kappa shape index (κ1) is 17.1. The summed E-state index contributed by atoms with van der Waals surface area (Å²) < 4.78 is 18.2. The van der Waals surface area contributed by atoms with Crippen LogP contribution in [0.1, 0.15) is 62.3 Å². The second-order valence-electron chi connectivity index (χ2n) is 7.51. The van der Waals surface area contributed by atoms with Gasteiger partial charge in [-0.2, -0.15) is 0 Å². The van der Waals surface area contributed by atoms with Gasteiger partial charge >= 0.3 is 8.80 Å². The van der Waals surface area contributed by atoms with Crippen molar-refractivity contribution in [1.82, 2.24) is 0 Å². The molecular weight excluding hydrogens is 232 g/mol. The quantitative estimate of drug-likeness (QED) is 0.720. The van der Waals surface area contributed by atoms with Crippen molar-refractivity contribution in [2.24, 2.45) is 0 Å². The first-order valence-electron chi connectivity index (χ1n) is 6.22. The van der Waals surface area contributed by atoms with Crippen LogP contribution in [0.4, 0.5) is 0 Å². The number of hydrogen-bond donors (Lipinski definition) is 0. The topological polar surface area (TPSA) is 27.7 Å². The lowest BCUT2D eigenvalue weighted by atomic mass is 10.2. The van der Waals surface area contributed by atoms with E-state index < -0.39 is 8.80 Å². The zero-order chi connectivity index (χ0) is 14.1. The van der Waals surface area contributed by atoms with Crippen LogP contribution in [0, 0.1) is 0 Å². The summed E-state index contributed by atoms with van der Waals surface area (Å²) in [7, 11) is -2.66. The fraction of sp³-hybridized carbons (Fsp3) is 1.00. The minimum Gasteiger partial charge on any atom is -0.369 e. The molecule has 3 nitrogen and oxygen atoms in total. The molecule has 0 N–H and O–H groups in total. The summed E-state index contributed by atoms with van der Waals surface area (Å²) >= 11 is 0. The van der Waals surface area contributed by atoms with Gasteiger partial charge in [-0.15, -0.1) is 0 Å². The van der Waals surface area contributed by atoms with Gasteiger partial charge in [0.25, 0.3) is 0 Å². The largest absolute Gasteiger partial charge is 0.498 e. The van der Waals surface area contributed by atoms with E-state index in [1.807, 2.05) is 68.9 Å². The monoisotopic (exact) mass is 262 g/mol. The molecule has 0 amide bonds. The van der Waals surface area contributed by atoms with Crippen LogP contribution in [0.15, 0.2) is 0 Å². The van der Waals surface area contributed by atoms with E-state index >= 15 is 0 Å². The van der Waals surface area contributed by atoms with E-state index in [-0.39, 0.29) is 16.8 Å². The predicted octanol–water partition coefficient (Wildman–Crippen LogP) is 4.00. The molecule has 0 aliphatic carbocycles. The molecule has 17 heavy (non-hydrogen) atoms. The van der Waals surface area contributed by atoms with E-state index in [0.717, 1.165) is 0 Å². The van der Waals surface area contributed by atoms with Crippen molar-refractivity contribution in [1.29, 1.82) is 0 Å². The summed E-state index contributed by atoms with van der Waals surface area (Å²) in [6.07, 6.45) is 0. The highest BCUT2D eigenvalue weighted by Crippen LogP contribution is 2.28. The molecule has 0 heterocycles. The third kappa shape index (κ3) is 9.77. The van der Waals surface area contributed by atoms with Gasteiger partial charge in [-0.05, 0) is 62.3 Å². The summed E-state index contributed by atoms with van der Waals surface area (Å²) in [6, 6.07) is 0. The van der Waals surface area contributed by atoms with Crippen molar-refractivity contribution in [3.63, 3.8) is 0 Å². The standard InChI is InChI=1S/C13H30O3Si/c1-11(2,3)14-17(10,15-12(4,5)6)16-13(7,8)9/h1-10H3. The van der Waals surface area contributed by atoms with E-state index in [4.69, 9.17) is 13.3 Å². The van der Waals surface area contributed by atoms with Crippen LogP contribution in [0.25, 0.3) is 0 Å². The average Bonchev–Trinajstić information content (AvgIpc) is 1.65. The highest BCUT2D eigenvalue weighted by Gasteiger charge is 2.45. The molecule has 0 aliphatic rings. The van der Waals surface area contributed by atoms with Crippen molar-refractivity contribution in [2.45, 2.75) is 85.7 Å². The molecular formula is C13H30O3Si. The Bertz CT molecular complexity index is 202. The van der Waals surface area contributed by atoms with Gasteiger partial charge in [0, 0.05) is 6.55 Å². The van der Waals surface area contributed by atoms with Gasteiger partial charge in [0.2, 0.25) is 0 Å². The third-order valence-electron chi connectivity index (χ3n) is 1.47. The zero-order valence-corrected chi connectivity index (χ0v) is 14.2. The van der Waals surface area contributed by atoms with Crippen LogP contribution >= 0.6 is 0 Å². The minimum atomic E-state index is -2.66. The lowest BCUT2D eigenvalue weighted by Crippen LogP contribution is -2.54. The molecule has 0 aromatic carbocycles. The van der Waals surface area contributed by atoms with Crippen molar-refractivity contribution < 1.29 is 13.3 Å². The van der Waals surface area contributed by atoms with Gasteiger partial charge in [0.05, 0.1) is 16.8 Å².